The fraction of sp³-hybridized carbons (Fsp3) is 0.389. The number of methoxy groups -OCH3 is 2. The molecule has 5 nitrogen and oxygen atoms in total. The van der Waals surface area contributed by atoms with Crippen molar-refractivity contribution in [1.82, 2.24) is 10.3 Å². The van der Waals surface area contributed by atoms with Crippen molar-refractivity contribution in [2.45, 2.75) is 32.0 Å². The molecule has 2 aromatic rings. The molecule has 3 rings (SSSR count). The van der Waals surface area contributed by atoms with Crippen LogP contribution in [0.1, 0.15) is 24.0 Å². The summed E-state index contributed by atoms with van der Waals surface area (Å²) in [6.45, 7) is 1.55. The van der Waals surface area contributed by atoms with Crippen molar-refractivity contribution in [2.75, 3.05) is 19.5 Å². The summed E-state index contributed by atoms with van der Waals surface area (Å²) in [6.07, 6.45) is 4.52. The molecule has 1 fully saturated rings. The summed E-state index contributed by atoms with van der Waals surface area (Å²) in [6, 6.07) is 10.7. The molecule has 1 heterocycles. The van der Waals surface area contributed by atoms with Crippen LogP contribution in [0.4, 0.5) is 5.82 Å². The smallest absolute Gasteiger partial charge is 0.127 e. The standard InChI is InChI=1S/C18H23N3O2/c1-22-16-7-4-14(17(9-16)23-2)12-21-18-8-3-13(11-20-18)10-19-15-5-6-15/h3-4,7-9,11,15,19H,5-6,10,12H2,1-2H3,(H,20,21). The van der Waals surface area contributed by atoms with Crippen LogP contribution in [0.5, 0.6) is 11.5 Å². The van der Waals surface area contributed by atoms with Crippen molar-refractivity contribution in [3.05, 3.63) is 47.7 Å². The third kappa shape index (κ3) is 4.36. The van der Waals surface area contributed by atoms with E-state index in [9.17, 15) is 0 Å². The van der Waals surface area contributed by atoms with Gasteiger partial charge in [0, 0.05) is 37.0 Å². The Bertz CT molecular complexity index is 639. The Hall–Kier alpha value is -2.27. The minimum absolute atomic E-state index is 0.653. The quantitative estimate of drug-likeness (QED) is 0.785. The number of nitrogens with zero attached hydrogens (tertiary/aromatic N) is 1. The molecule has 0 saturated heterocycles. The maximum Gasteiger partial charge on any atom is 0.127 e. The lowest BCUT2D eigenvalue weighted by Crippen LogP contribution is -2.15. The van der Waals surface area contributed by atoms with E-state index in [0.717, 1.165) is 35.5 Å². The van der Waals surface area contributed by atoms with Crippen molar-refractivity contribution >= 4 is 5.82 Å². The van der Waals surface area contributed by atoms with Crippen LogP contribution in [-0.4, -0.2) is 25.2 Å². The van der Waals surface area contributed by atoms with Crippen molar-refractivity contribution < 1.29 is 9.47 Å². The molecule has 1 aliphatic carbocycles. The molecule has 1 aromatic carbocycles. The predicted octanol–water partition coefficient (Wildman–Crippen LogP) is 2.96. The number of rotatable bonds is 8. The number of pyridine rings is 1. The Morgan fingerprint density at radius 1 is 1.09 bits per heavy atom. The summed E-state index contributed by atoms with van der Waals surface area (Å²) in [5.41, 5.74) is 2.28. The van der Waals surface area contributed by atoms with E-state index < -0.39 is 0 Å². The van der Waals surface area contributed by atoms with Gasteiger partial charge in [-0.3, -0.25) is 0 Å². The van der Waals surface area contributed by atoms with Crippen LogP contribution in [0.2, 0.25) is 0 Å². The van der Waals surface area contributed by atoms with Crippen LogP contribution in [0, 0.1) is 0 Å². The summed E-state index contributed by atoms with van der Waals surface area (Å²) in [5, 5.41) is 6.81. The number of anilines is 1. The molecule has 0 bridgehead atoms. The highest BCUT2D eigenvalue weighted by atomic mass is 16.5. The van der Waals surface area contributed by atoms with Gasteiger partial charge in [-0.15, -0.1) is 0 Å². The number of benzene rings is 1. The lowest BCUT2D eigenvalue weighted by Gasteiger charge is -2.12. The topological polar surface area (TPSA) is 55.4 Å². The average molecular weight is 313 g/mol. The number of hydrogen-bond acceptors (Lipinski definition) is 5. The lowest BCUT2D eigenvalue weighted by molar-refractivity contribution is 0.391. The number of nitrogens with one attached hydrogen (secondary N) is 2. The van der Waals surface area contributed by atoms with E-state index in [-0.39, 0.29) is 0 Å². The van der Waals surface area contributed by atoms with Crippen molar-refractivity contribution in [3.8, 4) is 11.5 Å². The first kappa shape index (κ1) is 15.6. The first-order valence-electron chi connectivity index (χ1n) is 7.91. The number of aromatic nitrogens is 1. The summed E-state index contributed by atoms with van der Waals surface area (Å²) < 4.78 is 10.6. The summed E-state index contributed by atoms with van der Waals surface area (Å²) in [7, 11) is 3.31. The van der Waals surface area contributed by atoms with Gasteiger partial charge in [0.2, 0.25) is 0 Å². The van der Waals surface area contributed by atoms with Crippen molar-refractivity contribution in [3.63, 3.8) is 0 Å². The van der Waals surface area contributed by atoms with E-state index in [2.05, 4.69) is 21.7 Å². The predicted molar refractivity (Wildman–Crippen MR) is 91.0 cm³/mol. The Labute approximate surface area is 137 Å². The summed E-state index contributed by atoms with van der Waals surface area (Å²) in [5.74, 6) is 2.45. The van der Waals surface area contributed by atoms with Crippen LogP contribution >= 0.6 is 0 Å². The Kier molecular flexibility index (Phi) is 4.98. The molecule has 0 unspecified atom stereocenters. The summed E-state index contributed by atoms with van der Waals surface area (Å²) in [4.78, 5) is 4.46. The van der Waals surface area contributed by atoms with Gasteiger partial charge in [-0.2, -0.15) is 0 Å². The van der Waals surface area contributed by atoms with Crippen LogP contribution < -0.4 is 20.1 Å². The van der Waals surface area contributed by atoms with Gasteiger partial charge in [0.05, 0.1) is 14.2 Å². The first-order chi connectivity index (χ1) is 11.3. The molecule has 1 aliphatic rings. The molecule has 122 valence electrons. The minimum Gasteiger partial charge on any atom is -0.497 e. The average Bonchev–Trinajstić information content (AvgIpc) is 3.43. The highest BCUT2D eigenvalue weighted by Gasteiger charge is 2.19. The van der Waals surface area contributed by atoms with E-state index in [1.807, 2.05) is 30.5 Å². The van der Waals surface area contributed by atoms with E-state index >= 15 is 0 Å². The second kappa shape index (κ2) is 7.33. The molecule has 5 heteroatoms. The molecule has 1 aromatic heterocycles. The van der Waals surface area contributed by atoms with Crippen molar-refractivity contribution in [1.29, 1.82) is 0 Å². The monoisotopic (exact) mass is 313 g/mol. The molecule has 23 heavy (non-hydrogen) atoms. The Morgan fingerprint density at radius 3 is 2.61 bits per heavy atom. The zero-order valence-electron chi connectivity index (χ0n) is 13.6. The molecule has 2 N–H and O–H groups in total. The SMILES string of the molecule is COc1ccc(CNc2ccc(CNC3CC3)cn2)c(OC)c1. The highest BCUT2D eigenvalue weighted by Crippen LogP contribution is 2.25. The molecule has 0 atom stereocenters. The van der Waals surface area contributed by atoms with E-state index in [4.69, 9.17) is 9.47 Å². The second-order valence-electron chi connectivity index (χ2n) is 5.74. The molecule has 0 aliphatic heterocycles. The minimum atomic E-state index is 0.653. The second-order valence-corrected chi connectivity index (χ2v) is 5.74. The van der Waals surface area contributed by atoms with E-state index in [1.54, 1.807) is 14.2 Å². The molecular formula is C18H23N3O2. The largest absolute Gasteiger partial charge is 0.497 e. The maximum absolute atomic E-state index is 5.41. The highest BCUT2D eigenvalue weighted by molar-refractivity contribution is 5.44. The first-order valence-corrected chi connectivity index (χ1v) is 7.91. The maximum atomic E-state index is 5.41. The lowest BCUT2D eigenvalue weighted by atomic mass is 10.2. The fourth-order valence-corrected chi connectivity index (χ4v) is 2.37. The van der Waals surface area contributed by atoms with E-state index in [1.165, 1.54) is 18.4 Å². The summed E-state index contributed by atoms with van der Waals surface area (Å²) >= 11 is 0. The van der Waals surface area contributed by atoms with Crippen LogP contribution in [0.3, 0.4) is 0 Å². The van der Waals surface area contributed by atoms with Gasteiger partial charge in [-0.05, 0) is 36.6 Å². The van der Waals surface area contributed by atoms with Crippen LogP contribution in [0.25, 0.3) is 0 Å². The fourth-order valence-electron chi connectivity index (χ4n) is 2.37. The zero-order chi connectivity index (χ0) is 16.1. The molecule has 0 amide bonds. The third-order valence-corrected chi connectivity index (χ3v) is 3.95. The van der Waals surface area contributed by atoms with Gasteiger partial charge in [0.1, 0.15) is 17.3 Å². The number of hydrogen-bond donors (Lipinski definition) is 2. The van der Waals surface area contributed by atoms with Gasteiger partial charge >= 0.3 is 0 Å². The van der Waals surface area contributed by atoms with Crippen molar-refractivity contribution in [2.24, 2.45) is 0 Å². The Morgan fingerprint density at radius 2 is 1.96 bits per heavy atom. The molecular weight excluding hydrogens is 290 g/mol. The van der Waals surface area contributed by atoms with Gasteiger partial charge in [0.25, 0.3) is 0 Å². The van der Waals surface area contributed by atoms with E-state index in [0.29, 0.717) is 6.54 Å². The van der Waals surface area contributed by atoms with Crippen LogP contribution in [0.15, 0.2) is 36.5 Å². The van der Waals surface area contributed by atoms with Gasteiger partial charge in [0.15, 0.2) is 0 Å². The molecule has 1 saturated carbocycles. The molecule has 0 radical (unpaired) electrons. The van der Waals surface area contributed by atoms with Crippen LogP contribution in [-0.2, 0) is 13.1 Å². The third-order valence-electron chi connectivity index (χ3n) is 3.95. The normalized spacial score (nSPS) is 13.7. The molecule has 0 spiro atoms. The van der Waals surface area contributed by atoms with Gasteiger partial charge in [-0.25, -0.2) is 4.98 Å². The van der Waals surface area contributed by atoms with Gasteiger partial charge < -0.3 is 20.1 Å². The zero-order valence-corrected chi connectivity index (χ0v) is 13.6. The number of ether oxygens (including phenoxy) is 2. The van der Waals surface area contributed by atoms with Gasteiger partial charge in [-0.1, -0.05) is 6.07 Å². The Balaban J connectivity index is 1.56.